The number of nitrogens with one attached hydrogen (secondary N) is 2. The van der Waals surface area contributed by atoms with E-state index >= 15 is 0 Å². The average molecular weight is 312 g/mol. The van der Waals surface area contributed by atoms with Crippen LogP contribution in [0.2, 0.25) is 0 Å². The van der Waals surface area contributed by atoms with E-state index in [0.29, 0.717) is 16.0 Å². The average Bonchev–Trinajstić information content (AvgIpc) is 2.36. The van der Waals surface area contributed by atoms with Gasteiger partial charge in [-0.25, -0.2) is 15.2 Å². The second-order valence-corrected chi connectivity index (χ2v) is 4.47. The molecule has 4 N–H and O–H groups in total. The minimum absolute atomic E-state index is 0.273. The summed E-state index contributed by atoms with van der Waals surface area (Å²) in [6.07, 6.45) is 1.55. The van der Waals surface area contributed by atoms with E-state index in [4.69, 9.17) is 5.84 Å². The van der Waals surface area contributed by atoms with Crippen molar-refractivity contribution in [2.24, 2.45) is 5.84 Å². The molecule has 1 aromatic heterocycles. The highest BCUT2D eigenvalue weighted by Gasteiger charge is 2.07. The number of rotatable bonds is 3. The number of aryl methyl sites for hydroxylation is 1. The SMILES string of the molecule is Cc1ccc(F)cc1Nc1nc(NN)ncc1Br. The molecule has 2 rings (SSSR count). The van der Waals surface area contributed by atoms with Crippen LogP contribution in [-0.4, -0.2) is 9.97 Å². The number of nitrogen functional groups attached to an aromatic ring is 1. The molecule has 0 amide bonds. The minimum Gasteiger partial charge on any atom is -0.339 e. The summed E-state index contributed by atoms with van der Waals surface area (Å²) >= 11 is 3.31. The number of anilines is 3. The predicted octanol–water partition coefficient (Wildman–Crippen LogP) is 2.72. The lowest BCUT2D eigenvalue weighted by atomic mass is 10.2. The van der Waals surface area contributed by atoms with E-state index in [1.54, 1.807) is 12.3 Å². The number of nitrogens with two attached hydrogens (primary N) is 1. The Morgan fingerprint density at radius 3 is 2.89 bits per heavy atom. The molecule has 94 valence electrons. The Bertz CT molecular complexity index is 575. The van der Waals surface area contributed by atoms with Crippen molar-refractivity contribution in [2.45, 2.75) is 6.92 Å². The van der Waals surface area contributed by atoms with Gasteiger partial charge >= 0.3 is 0 Å². The molecular formula is C11H11BrFN5. The quantitative estimate of drug-likeness (QED) is 0.600. The third-order valence-corrected chi connectivity index (χ3v) is 2.91. The van der Waals surface area contributed by atoms with Crippen molar-refractivity contribution >= 4 is 33.4 Å². The van der Waals surface area contributed by atoms with Gasteiger partial charge in [-0.1, -0.05) is 6.07 Å². The van der Waals surface area contributed by atoms with Gasteiger partial charge in [-0.2, -0.15) is 4.98 Å². The first kappa shape index (κ1) is 12.7. The Kier molecular flexibility index (Phi) is 3.73. The van der Waals surface area contributed by atoms with Crippen molar-refractivity contribution in [3.63, 3.8) is 0 Å². The second kappa shape index (κ2) is 5.28. The summed E-state index contributed by atoms with van der Waals surface area (Å²) in [4.78, 5) is 8.06. The smallest absolute Gasteiger partial charge is 0.239 e. The normalized spacial score (nSPS) is 10.2. The lowest BCUT2D eigenvalue weighted by Gasteiger charge is -2.11. The van der Waals surface area contributed by atoms with Crippen LogP contribution in [0.4, 0.5) is 21.8 Å². The van der Waals surface area contributed by atoms with Crippen molar-refractivity contribution in [1.82, 2.24) is 9.97 Å². The van der Waals surface area contributed by atoms with Gasteiger partial charge in [0.15, 0.2) is 0 Å². The Labute approximate surface area is 112 Å². The zero-order valence-corrected chi connectivity index (χ0v) is 11.1. The zero-order valence-electron chi connectivity index (χ0n) is 9.54. The van der Waals surface area contributed by atoms with Gasteiger partial charge in [0.25, 0.3) is 0 Å². The molecule has 0 fully saturated rings. The monoisotopic (exact) mass is 311 g/mol. The largest absolute Gasteiger partial charge is 0.339 e. The molecule has 1 heterocycles. The van der Waals surface area contributed by atoms with Gasteiger partial charge in [-0.05, 0) is 40.5 Å². The van der Waals surface area contributed by atoms with E-state index in [9.17, 15) is 4.39 Å². The van der Waals surface area contributed by atoms with Crippen molar-refractivity contribution in [2.75, 3.05) is 10.7 Å². The first-order valence-corrected chi connectivity index (χ1v) is 5.92. The van der Waals surface area contributed by atoms with E-state index < -0.39 is 0 Å². The van der Waals surface area contributed by atoms with Gasteiger partial charge in [0.2, 0.25) is 5.95 Å². The molecule has 2 aromatic rings. The summed E-state index contributed by atoms with van der Waals surface area (Å²) in [6, 6.07) is 4.50. The molecule has 0 aliphatic heterocycles. The van der Waals surface area contributed by atoms with Gasteiger partial charge < -0.3 is 5.32 Å². The van der Waals surface area contributed by atoms with E-state index in [1.165, 1.54) is 12.1 Å². The highest BCUT2D eigenvalue weighted by molar-refractivity contribution is 9.10. The van der Waals surface area contributed by atoms with Crippen molar-refractivity contribution < 1.29 is 4.39 Å². The summed E-state index contributed by atoms with van der Waals surface area (Å²) in [6.45, 7) is 1.87. The highest BCUT2D eigenvalue weighted by atomic mass is 79.9. The summed E-state index contributed by atoms with van der Waals surface area (Å²) in [7, 11) is 0. The summed E-state index contributed by atoms with van der Waals surface area (Å²) in [5.41, 5.74) is 3.89. The van der Waals surface area contributed by atoms with Crippen LogP contribution in [0.15, 0.2) is 28.9 Å². The molecule has 0 spiro atoms. The molecule has 18 heavy (non-hydrogen) atoms. The van der Waals surface area contributed by atoms with Gasteiger partial charge in [0.1, 0.15) is 11.6 Å². The third-order valence-electron chi connectivity index (χ3n) is 2.33. The van der Waals surface area contributed by atoms with Crippen LogP contribution in [0, 0.1) is 12.7 Å². The van der Waals surface area contributed by atoms with Gasteiger partial charge in [-0.15, -0.1) is 0 Å². The Morgan fingerprint density at radius 2 is 2.17 bits per heavy atom. The molecule has 0 aliphatic rings. The Morgan fingerprint density at radius 1 is 1.39 bits per heavy atom. The van der Waals surface area contributed by atoms with Crippen LogP contribution in [0.1, 0.15) is 5.56 Å². The van der Waals surface area contributed by atoms with E-state index in [-0.39, 0.29) is 11.8 Å². The van der Waals surface area contributed by atoms with Gasteiger partial charge in [-0.3, -0.25) is 5.43 Å². The summed E-state index contributed by atoms with van der Waals surface area (Å²) < 4.78 is 13.8. The van der Waals surface area contributed by atoms with Crippen LogP contribution >= 0.6 is 15.9 Å². The number of hydrogen-bond acceptors (Lipinski definition) is 5. The van der Waals surface area contributed by atoms with E-state index in [2.05, 4.69) is 36.6 Å². The van der Waals surface area contributed by atoms with Crippen molar-refractivity contribution in [1.29, 1.82) is 0 Å². The number of nitrogens with zero attached hydrogens (tertiary/aromatic N) is 2. The van der Waals surface area contributed by atoms with Crippen molar-refractivity contribution in [3.05, 3.63) is 40.2 Å². The molecule has 0 unspecified atom stereocenters. The summed E-state index contributed by atoms with van der Waals surface area (Å²) in [5, 5.41) is 3.02. The lowest BCUT2D eigenvalue weighted by molar-refractivity contribution is 0.628. The fourth-order valence-corrected chi connectivity index (χ4v) is 1.67. The summed E-state index contributed by atoms with van der Waals surface area (Å²) in [5.74, 6) is 5.70. The maximum atomic E-state index is 13.2. The molecule has 0 saturated carbocycles. The number of halogens is 2. The Hall–Kier alpha value is -1.73. The minimum atomic E-state index is -0.314. The second-order valence-electron chi connectivity index (χ2n) is 3.62. The number of hydrogen-bond donors (Lipinski definition) is 3. The highest BCUT2D eigenvalue weighted by Crippen LogP contribution is 2.26. The standard InChI is InChI=1S/C11H11BrFN5/c1-6-2-3-7(13)4-9(6)16-10-8(12)5-15-11(17-10)18-14/h2-5H,14H2,1H3,(H2,15,16,17,18). The molecule has 0 radical (unpaired) electrons. The predicted molar refractivity (Wildman–Crippen MR) is 72.0 cm³/mol. The number of benzene rings is 1. The first-order valence-electron chi connectivity index (χ1n) is 5.12. The number of hydrazine groups is 1. The van der Waals surface area contributed by atoms with E-state index in [1.807, 2.05) is 6.92 Å². The van der Waals surface area contributed by atoms with Crippen LogP contribution < -0.4 is 16.6 Å². The lowest BCUT2D eigenvalue weighted by Crippen LogP contribution is -2.11. The van der Waals surface area contributed by atoms with Crippen LogP contribution in [0.25, 0.3) is 0 Å². The van der Waals surface area contributed by atoms with Crippen LogP contribution in [0.3, 0.4) is 0 Å². The molecule has 1 aromatic carbocycles. The van der Waals surface area contributed by atoms with E-state index in [0.717, 1.165) is 5.56 Å². The van der Waals surface area contributed by atoms with Crippen LogP contribution in [-0.2, 0) is 0 Å². The number of aromatic nitrogens is 2. The fraction of sp³-hybridized carbons (Fsp3) is 0.0909. The maximum absolute atomic E-state index is 13.2. The fourth-order valence-electron chi connectivity index (χ4n) is 1.38. The molecule has 5 nitrogen and oxygen atoms in total. The third kappa shape index (κ3) is 2.74. The topological polar surface area (TPSA) is 75.9 Å². The first-order chi connectivity index (χ1) is 8.60. The molecule has 0 aliphatic carbocycles. The maximum Gasteiger partial charge on any atom is 0.239 e. The molecule has 0 atom stereocenters. The van der Waals surface area contributed by atoms with Crippen LogP contribution in [0.5, 0.6) is 0 Å². The molecular weight excluding hydrogens is 301 g/mol. The Balaban J connectivity index is 2.36. The van der Waals surface area contributed by atoms with Gasteiger partial charge in [0, 0.05) is 11.9 Å². The zero-order chi connectivity index (χ0) is 13.1. The van der Waals surface area contributed by atoms with Crippen molar-refractivity contribution in [3.8, 4) is 0 Å². The molecule has 0 bridgehead atoms. The van der Waals surface area contributed by atoms with Gasteiger partial charge in [0.05, 0.1) is 4.47 Å². The molecule has 0 saturated heterocycles. The molecule has 7 heteroatoms.